The Hall–Kier alpha value is -1.96. The average Bonchev–Trinajstić information content (AvgIpc) is 2.84. The van der Waals surface area contributed by atoms with Crippen LogP contribution >= 0.6 is 11.3 Å². The summed E-state index contributed by atoms with van der Waals surface area (Å²) in [4.78, 5) is 16.8. The molecule has 2 heterocycles. The van der Waals surface area contributed by atoms with Crippen LogP contribution in [0.4, 0.5) is 11.9 Å². The molecular weight excluding hydrogens is 264 g/mol. The summed E-state index contributed by atoms with van der Waals surface area (Å²) in [7, 11) is 3.27. The molecule has 0 aromatic carbocycles. The van der Waals surface area contributed by atoms with E-state index in [0.717, 1.165) is 17.1 Å². The maximum absolute atomic E-state index is 5.01. The van der Waals surface area contributed by atoms with Gasteiger partial charge in [0.15, 0.2) is 0 Å². The number of aryl methyl sites for hydroxylation is 1. The third kappa shape index (κ3) is 3.75. The van der Waals surface area contributed by atoms with Gasteiger partial charge in [0.25, 0.3) is 0 Å². The number of thiazole rings is 1. The number of nitrogens with one attached hydrogen (secondary N) is 2. The lowest BCUT2D eigenvalue weighted by molar-refractivity contribution is 0.379. The van der Waals surface area contributed by atoms with Gasteiger partial charge in [0.05, 0.1) is 12.1 Å². The Bertz CT molecular complexity index is 521. The van der Waals surface area contributed by atoms with Crippen LogP contribution in [0, 0.1) is 6.92 Å². The van der Waals surface area contributed by atoms with Gasteiger partial charge in [0.1, 0.15) is 0 Å². The standard InChI is InChI=1S/C11H16N6OS/c1-7-6-19-8(14-7)4-5-13-10-15-9(12-2)16-11(17-10)18-3/h6H,4-5H2,1-3H3,(H2,12,13,15,16,17). The highest BCUT2D eigenvalue weighted by Crippen LogP contribution is 2.12. The number of ether oxygens (including phenoxy) is 1. The molecule has 0 radical (unpaired) electrons. The fourth-order valence-corrected chi connectivity index (χ4v) is 2.21. The van der Waals surface area contributed by atoms with E-state index in [2.05, 4.69) is 30.6 Å². The Balaban J connectivity index is 1.95. The van der Waals surface area contributed by atoms with E-state index >= 15 is 0 Å². The van der Waals surface area contributed by atoms with Gasteiger partial charge < -0.3 is 15.4 Å². The maximum Gasteiger partial charge on any atom is 0.322 e. The Labute approximate surface area is 115 Å². The minimum atomic E-state index is 0.284. The number of methoxy groups -OCH3 is 1. The smallest absolute Gasteiger partial charge is 0.322 e. The lowest BCUT2D eigenvalue weighted by atomic mass is 10.4. The molecule has 2 aromatic rings. The first-order chi connectivity index (χ1) is 9.21. The molecule has 0 saturated heterocycles. The van der Waals surface area contributed by atoms with Crippen LogP contribution in [-0.4, -0.2) is 40.6 Å². The molecule has 8 heteroatoms. The van der Waals surface area contributed by atoms with Gasteiger partial charge in [-0.05, 0) is 6.92 Å². The first-order valence-corrected chi connectivity index (χ1v) is 6.72. The van der Waals surface area contributed by atoms with Gasteiger partial charge in [0.2, 0.25) is 11.9 Å². The summed E-state index contributed by atoms with van der Waals surface area (Å²) in [5, 5.41) is 9.14. The van der Waals surface area contributed by atoms with Gasteiger partial charge in [0, 0.05) is 31.1 Å². The number of aromatic nitrogens is 4. The van der Waals surface area contributed by atoms with Gasteiger partial charge in [-0.15, -0.1) is 11.3 Å². The van der Waals surface area contributed by atoms with Crippen molar-refractivity contribution in [2.75, 3.05) is 31.3 Å². The van der Waals surface area contributed by atoms with Crippen LogP contribution in [0.1, 0.15) is 10.7 Å². The molecule has 0 aliphatic carbocycles. The summed E-state index contributed by atoms with van der Waals surface area (Å²) >= 11 is 1.66. The van der Waals surface area contributed by atoms with Gasteiger partial charge in [-0.25, -0.2) is 4.98 Å². The Morgan fingerprint density at radius 2 is 2.00 bits per heavy atom. The van der Waals surface area contributed by atoms with Crippen LogP contribution < -0.4 is 15.4 Å². The van der Waals surface area contributed by atoms with E-state index in [1.165, 1.54) is 7.11 Å². The molecule has 0 bridgehead atoms. The summed E-state index contributed by atoms with van der Waals surface area (Å²) in [6, 6.07) is 0.284. The summed E-state index contributed by atoms with van der Waals surface area (Å²) in [5.41, 5.74) is 1.05. The molecular formula is C11H16N6OS. The third-order valence-corrected chi connectivity index (χ3v) is 3.34. The lowest BCUT2D eigenvalue weighted by Gasteiger charge is -2.06. The van der Waals surface area contributed by atoms with E-state index < -0.39 is 0 Å². The zero-order chi connectivity index (χ0) is 13.7. The van der Waals surface area contributed by atoms with Crippen LogP contribution in [0.2, 0.25) is 0 Å². The molecule has 0 saturated carbocycles. The van der Waals surface area contributed by atoms with Crippen molar-refractivity contribution in [3.63, 3.8) is 0 Å². The molecule has 2 rings (SSSR count). The Morgan fingerprint density at radius 1 is 1.21 bits per heavy atom. The van der Waals surface area contributed by atoms with Crippen molar-refractivity contribution in [2.45, 2.75) is 13.3 Å². The van der Waals surface area contributed by atoms with Gasteiger partial charge >= 0.3 is 6.01 Å². The molecule has 0 unspecified atom stereocenters. The topological polar surface area (TPSA) is 84.9 Å². The van der Waals surface area contributed by atoms with Crippen LogP contribution in [0.5, 0.6) is 6.01 Å². The normalized spacial score (nSPS) is 10.3. The number of nitrogens with zero attached hydrogens (tertiary/aromatic N) is 4. The van der Waals surface area contributed by atoms with Crippen molar-refractivity contribution in [1.82, 2.24) is 19.9 Å². The second kappa shape index (κ2) is 6.28. The van der Waals surface area contributed by atoms with E-state index in [4.69, 9.17) is 4.74 Å². The molecule has 2 aromatic heterocycles. The fraction of sp³-hybridized carbons (Fsp3) is 0.455. The highest BCUT2D eigenvalue weighted by Gasteiger charge is 2.05. The first-order valence-electron chi connectivity index (χ1n) is 5.84. The summed E-state index contributed by atoms with van der Waals surface area (Å²) < 4.78 is 5.01. The van der Waals surface area contributed by atoms with E-state index in [9.17, 15) is 0 Å². The maximum atomic E-state index is 5.01. The zero-order valence-electron chi connectivity index (χ0n) is 11.1. The predicted molar refractivity (Wildman–Crippen MR) is 75.0 cm³/mol. The molecule has 102 valence electrons. The molecule has 7 nitrogen and oxygen atoms in total. The van der Waals surface area contributed by atoms with Crippen molar-refractivity contribution >= 4 is 23.2 Å². The summed E-state index contributed by atoms with van der Waals surface area (Å²) in [6.07, 6.45) is 0.835. The minimum Gasteiger partial charge on any atom is -0.467 e. The van der Waals surface area contributed by atoms with Crippen LogP contribution in [0.3, 0.4) is 0 Å². The second-order valence-electron chi connectivity index (χ2n) is 3.78. The van der Waals surface area contributed by atoms with E-state index in [1.54, 1.807) is 18.4 Å². The van der Waals surface area contributed by atoms with E-state index in [1.807, 2.05) is 12.3 Å². The SMILES string of the molecule is CNc1nc(NCCc2nc(C)cs2)nc(OC)n1. The molecule has 0 atom stereocenters. The molecule has 0 amide bonds. The highest BCUT2D eigenvalue weighted by atomic mass is 32.1. The van der Waals surface area contributed by atoms with Crippen LogP contribution in [-0.2, 0) is 6.42 Å². The number of rotatable bonds is 6. The van der Waals surface area contributed by atoms with Crippen molar-refractivity contribution in [1.29, 1.82) is 0 Å². The molecule has 19 heavy (non-hydrogen) atoms. The fourth-order valence-electron chi connectivity index (χ4n) is 1.44. The zero-order valence-corrected chi connectivity index (χ0v) is 11.9. The largest absolute Gasteiger partial charge is 0.467 e. The van der Waals surface area contributed by atoms with Crippen molar-refractivity contribution in [3.05, 3.63) is 16.1 Å². The third-order valence-electron chi connectivity index (χ3n) is 2.31. The number of hydrogen-bond donors (Lipinski definition) is 2. The molecule has 0 aliphatic rings. The molecule has 0 spiro atoms. The predicted octanol–water partition coefficient (Wildman–Crippen LogP) is 1.34. The van der Waals surface area contributed by atoms with Gasteiger partial charge in [-0.1, -0.05) is 0 Å². The van der Waals surface area contributed by atoms with E-state index in [-0.39, 0.29) is 6.01 Å². The summed E-state index contributed by atoms with van der Waals surface area (Å²) in [5.74, 6) is 0.962. The monoisotopic (exact) mass is 280 g/mol. The first kappa shape index (κ1) is 13.5. The summed E-state index contributed by atoms with van der Waals surface area (Å²) in [6.45, 7) is 2.70. The average molecular weight is 280 g/mol. The number of hydrogen-bond acceptors (Lipinski definition) is 8. The molecule has 2 N–H and O–H groups in total. The molecule has 0 fully saturated rings. The van der Waals surface area contributed by atoms with Crippen molar-refractivity contribution < 1.29 is 4.74 Å². The Kier molecular flexibility index (Phi) is 4.45. The minimum absolute atomic E-state index is 0.284. The molecule has 0 aliphatic heterocycles. The van der Waals surface area contributed by atoms with E-state index in [0.29, 0.717) is 18.4 Å². The lowest BCUT2D eigenvalue weighted by Crippen LogP contribution is -2.11. The Morgan fingerprint density at radius 3 is 2.63 bits per heavy atom. The highest BCUT2D eigenvalue weighted by molar-refractivity contribution is 7.09. The van der Waals surface area contributed by atoms with Crippen molar-refractivity contribution in [3.8, 4) is 6.01 Å². The van der Waals surface area contributed by atoms with Gasteiger partial charge in [-0.2, -0.15) is 15.0 Å². The van der Waals surface area contributed by atoms with Crippen molar-refractivity contribution in [2.24, 2.45) is 0 Å². The van der Waals surface area contributed by atoms with Crippen LogP contribution in [0.25, 0.3) is 0 Å². The number of anilines is 2. The second-order valence-corrected chi connectivity index (χ2v) is 4.72. The van der Waals surface area contributed by atoms with Gasteiger partial charge in [-0.3, -0.25) is 0 Å². The van der Waals surface area contributed by atoms with Crippen LogP contribution in [0.15, 0.2) is 5.38 Å². The quantitative estimate of drug-likeness (QED) is 0.826.